The van der Waals surface area contributed by atoms with Crippen molar-refractivity contribution in [1.82, 2.24) is 15.0 Å². The van der Waals surface area contributed by atoms with E-state index >= 15 is 4.39 Å². The third-order valence-electron chi connectivity index (χ3n) is 8.12. The molecule has 7 rings (SSSR count). The minimum Gasteiger partial charge on any atom is -0.497 e. The number of halogens is 3. The molecule has 1 fully saturated rings. The van der Waals surface area contributed by atoms with E-state index in [9.17, 15) is 22.0 Å². The van der Waals surface area contributed by atoms with Gasteiger partial charge >= 0.3 is 0 Å². The third-order valence-corrected chi connectivity index (χ3v) is 9.87. The van der Waals surface area contributed by atoms with Crippen molar-refractivity contribution in [3.63, 3.8) is 0 Å². The second kappa shape index (κ2) is 12.8. The number of pyridine rings is 1. The van der Waals surface area contributed by atoms with E-state index in [2.05, 4.69) is 10.5 Å². The fourth-order valence-electron chi connectivity index (χ4n) is 5.55. The molecular weight excluding hydrogens is 661 g/mol. The van der Waals surface area contributed by atoms with E-state index in [-0.39, 0.29) is 51.4 Å². The first kappa shape index (κ1) is 32.0. The van der Waals surface area contributed by atoms with Gasteiger partial charge in [0.05, 0.1) is 29.8 Å². The summed E-state index contributed by atoms with van der Waals surface area (Å²) in [5.74, 6) is -1.87. The van der Waals surface area contributed by atoms with Gasteiger partial charge in [0.25, 0.3) is 15.6 Å². The van der Waals surface area contributed by atoms with Crippen LogP contribution in [0.25, 0.3) is 27.7 Å². The second-order valence-electron chi connectivity index (χ2n) is 11.3. The van der Waals surface area contributed by atoms with E-state index in [1.54, 1.807) is 24.3 Å². The number of nitrogens with zero attached hydrogens (tertiary/aromatic N) is 3. The van der Waals surface area contributed by atoms with Gasteiger partial charge in [-0.05, 0) is 65.7 Å². The van der Waals surface area contributed by atoms with Gasteiger partial charge in [-0.25, -0.2) is 25.9 Å². The number of anilines is 1. The monoisotopic (exact) mass is 688 g/mol. The van der Waals surface area contributed by atoms with Crippen LogP contribution in [0.4, 0.5) is 19.0 Å². The molecule has 10 nitrogen and oxygen atoms in total. The van der Waals surface area contributed by atoms with Gasteiger partial charge in [-0.1, -0.05) is 17.3 Å². The van der Waals surface area contributed by atoms with Crippen LogP contribution in [0, 0.1) is 17.5 Å². The van der Waals surface area contributed by atoms with Crippen molar-refractivity contribution in [2.24, 2.45) is 0 Å². The number of nitrogens with one attached hydrogen (secondary N) is 1. The van der Waals surface area contributed by atoms with Crippen LogP contribution in [0.3, 0.4) is 0 Å². The smallest absolute Gasteiger partial charge is 0.265 e. The molecule has 0 saturated carbocycles. The summed E-state index contributed by atoms with van der Waals surface area (Å²) in [7, 11) is -2.72. The molecule has 1 aliphatic rings. The van der Waals surface area contributed by atoms with Crippen LogP contribution in [-0.2, 0) is 16.6 Å². The van der Waals surface area contributed by atoms with Gasteiger partial charge in [0.15, 0.2) is 5.82 Å². The van der Waals surface area contributed by atoms with Crippen molar-refractivity contribution in [2.75, 3.05) is 24.5 Å². The van der Waals surface area contributed by atoms with Gasteiger partial charge in [-0.3, -0.25) is 9.36 Å². The number of sulfonamides is 1. The number of methoxy groups -OCH3 is 1. The zero-order chi connectivity index (χ0) is 34.3. The topological polar surface area (TPSA) is 116 Å². The largest absolute Gasteiger partial charge is 0.497 e. The maximum absolute atomic E-state index is 15.8. The lowest BCUT2D eigenvalue weighted by molar-refractivity contribution is 0.142. The van der Waals surface area contributed by atoms with Gasteiger partial charge < -0.3 is 19.3 Å². The molecule has 0 amide bonds. The summed E-state index contributed by atoms with van der Waals surface area (Å²) in [5.41, 5.74) is 0.213. The van der Waals surface area contributed by atoms with Crippen molar-refractivity contribution >= 4 is 26.7 Å². The van der Waals surface area contributed by atoms with Crippen LogP contribution in [0.5, 0.6) is 11.5 Å². The predicted molar refractivity (Wildman–Crippen MR) is 175 cm³/mol. The third kappa shape index (κ3) is 6.23. The SMILES string of the molecule is COc1ccc(CN(c2ccon2)S(=O)(=O)c2ccc3c(ccc(=O)n3-c3cc(F)c(-c4cc(F)cc(F)c4)cc3OC3CNC3)c2)cc1. The highest BCUT2D eigenvalue weighted by Gasteiger charge is 2.29. The zero-order valence-electron chi connectivity index (χ0n) is 25.8. The minimum atomic E-state index is -4.25. The first-order valence-corrected chi connectivity index (χ1v) is 16.4. The van der Waals surface area contributed by atoms with E-state index in [0.29, 0.717) is 35.9 Å². The molecule has 0 atom stereocenters. The van der Waals surface area contributed by atoms with Gasteiger partial charge in [-0.15, -0.1) is 0 Å². The summed E-state index contributed by atoms with van der Waals surface area (Å²) in [6.07, 6.45) is 0.955. The Balaban J connectivity index is 1.33. The molecule has 0 unspecified atom stereocenters. The first-order chi connectivity index (χ1) is 23.6. The Bertz CT molecular complexity index is 2320. The van der Waals surface area contributed by atoms with Gasteiger partial charge in [0.2, 0.25) is 0 Å². The molecule has 2 aromatic heterocycles. The number of hydrogen-bond donors (Lipinski definition) is 1. The van der Waals surface area contributed by atoms with Crippen molar-refractivity contribution in [3.8, 4) is 28.3 Å². The fraction of sp³-hybridized carbons (Fsp3) is 0.143. The molecule has 6 aromatic rings. The van der Waals surface area contributed by atoms with E-state index in [1.807, 2.05) is 0 Å². The van der Waals surface area contributed by atoms with Gasteiger partial charge in [0, 0.05) is 48.3 Å². The Morgan fingerprint density at radius 2 is 1.69 bits per heavy atom. The summed E-state index contributed by atoms with van der Waals surface area (Å²) in [4.78, 5) is 13.3. The number of ether oxygens (including phenoxy) is 2. The summed E-state index contributed by atoms with van der Waals surface area (Å²) in [6, 6.07) is 20.2. The zero-order valence-corrected chi connectivity index (χ0v) is 26.6. The average molecular weight is 689 g/mol. The molecule has 0 spiro atoms. The molecule has 1 aliphatic heterocycles. The molecule has 0 radical (unpaired) electrons. The standard InChI is InChI=1S/C35H27F3N4O6S/c1-46-26-5-2-21(3-6-26)20-41(34-10-11-47-40-34)49(44,45)28-7-8-31-22(14-28)4-9-35(43)42(31)32-17-30(38)29(16-33(32)48-27-18-39-19-27)23-12-24(36)15-25(37)13-23/h2-17,27,39H,18-20H2,1H3. The molecule has 3 heterocycles. The van der Waals surface area contributed by atoms with Crippen LogP contribution in [-0.4, -0.2) is 44.4 Å². The summed E-state index contributed by atoms with van der Waals surface area (Å²) in [6.45, 7) is 0.907. The number of rotatable bonds is 10. The van der Waals surface area contributed by atoms with Crippen molar-refractivity contribution in [2.45, 2.75) is 17.5 Å². The first-order valence-electron chi connectivity index (χ1n) is 15.0. The molecule has 14 heteroatoms. The van der Waals surface area contributed by atoms with Crippen LogP contribution < -0.4 is 24.7 Å². The lowest BCUT2D eigenvalue weighted by Gasteiger charge is -2.29. The number of benzene rings is 4. The van der Waals surface area contributed by atoms with Crippen molar-refractivity contribution in [3.05, 3.63) is 131 Å². The highest BCUT2D eigenvalue weighted by molar-refractivity contribution is 7.92. The summed E-state index contributed by atoms with van der Waals surface area (Å²) < 4.78 is 90.8. The second-order valence-corrected chi connectivity index (χ2v) is 13.2. The summed E-state index contributed by atoms with van der Waals surface area (Å²) in [5, 5.41) is 7.28. The van der Waals surface area contributed by atoms with Crippen LogP contribution >= 0.6 is 0 Å². The highest BCUT2D eigenvalue weighted by atomic mass is 32.2. The maximum Gasteiger partial charge on any atom is 0.265 e. The molecule has 250 valence electrons. The van der Waals surface area contributed by atoms with Crippen molar-refractivity contribution < 1.29 is 35.6 Å². The Morgan fingerprint density at radius 1 is 0.939 bits per heavy atom. The molecule has 1 saturated heterocycles. The normalized spacial score (nSPS) is 13.3. The summed E-state index contributed by atoms with van der Waals surface area (Å²) >= 11 is 0. The van der Waals surface area contributed by atoms with Crippen LogP contribution in [0.2, 0.25) is 0 Å². The maximum atomic E-state index is 15.8. The average Bonchev–Trinajstić information content (AvgIpc) is 3.60. The molecule has 49 heavy (non-hydrogen) atoms. The molecule has 0 bridgehead atoms. The Kier molecular flexibility index (Phi) is 8.34. The molecule has 4 aromatic carbocycles. The Morgan fingerprint density at radius 3 is 2.35 bits per heavy atom. The quantitative estimate of drug-likeness (QED) is 0.192. The number of aromatic nitrogens is 2. The predicted octanol–water partition coefficient (Wildman–Crippen LogP) is 5.82. The molecular formula is C35H27F3N4O6S. The molecule has 1 N–H and O–H groups in total. The minimum absolute atomic E-state index is 0.0277. The van der Waals surface area contributed by atoms with E-state index in [4.69, 9.17) is 14.0 Å². The Labute approximate surface area is 278 Å². The van der Waals surface area contributed by atoms with E-state index < -0.39 is 33.0 Å². The van der Waals surface area contributed by atoms with Crippen molar-refractivity contribution in [1.29, 1.82) is 0 Å². The number of fused-ring (bicyclic) bond motifs is 1. The van der Waals surface area contributed by atoms with Gasteiger partial charge in [0.1, 0.15) is 41.3 Å². The lowest BCUT2D eigenvalue weighted by Crippen LogP contribution is -2.50. The fourth-order valence-corrected chi connectivity index (χ4v) is 6.98. The van der Waals surface area contributed by atoms with Crippen LogP contribution in [0.1, 0.15) is 5.56 Å². The number of hydrogen-bond acceptors (Lipinski definition) is 8. The van der Waals surface area contributed by atoms with E-state index in [0.717, 1.165) is 22.5 Å². The van der Waals surface area contributed by atoms with Gasteiger partial charge in [-0.2, -0.15) is 0 Å². The van der Waals surface area contributed by atoms with Crippen LogP contribution in [0.15, 0.2) is 111 Å². The Hall–Kier alpha value is -5.60. The lowest BCUT2D eigenvalue weighted by atomic mass is 10.0. The highest BCUT2D eigenvalue weighted by Crippen LogP contribution is 2.36. The molecule has 0 aliphatic carbocycles. The van der Waals surface area contributed by atoms with E-state index in [1.165, 1.54) is 60.4 Å².